The van der Waals surface area contributed by atoms with Gasteiger partial charge >= 0.3 is 18.1 Å². The summed E-state index contributed by atoms with van der Waals surface area (Å²) < 4.78 is 83.6. The number of hydrogen-bond donors (Lipinski definition) is 2. The Morgan fingerprint density at radius 3 is 2.38 bits per heavy atom. The lowest BCUT2D eigenvalue weighted by molar-refractivity contribution is -0.296. The molecular formula is C25H16F5N3O4. The van der Waals surface area contributed by atoms with E-state index in [9.17, 15) is 26.7 Å². The monoisotopic (exact) mass is 517 g/mol. The lowest BCUT2D eigenvalue weighted by atomic mass is 10.0. The first-order valence-electron chi connectivity index (χ1n) is 11.0. The lowest BCUT2D eigenvalue weighted by Crippen LogP contribution is -2.40. The van der Waals surface area contributed by atoms with Gasteiger partial charge in [0.2, 0.25) is 6.79 Å². The zero-order valence-corrected chi connectivity index (χ0v) is 18.7. The Morgan fingerprint density at radius 2 is 1.59 bits per heavy atom. The molecule has 3 aromatic carbocycles. The first kappa shape index (κ1) is 23.0. The summed E-state index contributed by atoms with van der Waals surface area (Å²) >= 11 is 0. The van der Waals surface area contributed by atoms with Crippen LogP contribution < -0.4 is 25.0 Å². The third-order valence-electron chi connectivity index (χ3n) is 6.14. The van der Waals surface area contributed by atoms with Crippen molar-refractivity contribution in [2.75, 3.05) is 18.7 Å². The number of hydrazine groups is 1. The molecule has 0 saturated carbocycles. The molecule has 0 atom stereocenters. The minimum Gasteiger partial charge on any atom is -0.454 e. The predicted octanol–water partition coefficient (Wildman–Crippen LogP) is 5.55. The van der Waals surface area contributed by atoms with Crippen molar-refractivity contribution in [1.82, 2.24) is 10.4 Å². The standard InChI is InChI=1S/C25H16F5N3O4/c26-15-4-1-13(2-5-15)17-11-33(32-22(17)14-3-7-20-21(9-14)36-12-35-20)23(34)31-16-6-8-19-18(10-16)24(27,28)25(29,30)37-19/h1-10,32H,11-12H2,(H,31,34). The summed E-state index contributed by atoms with van der Waals surface area (Å²) in [6, 6.07) is 13.0. The second-order valence-electron chi connectivity index (χ2n) is 8.46. The number of carbonyl (C=O) groups excluding carboxylic acids is 1. The van der Waals surface area contributed by atoms with Gasteiger partial charge in [-0.2, -0.15) is 17.6 Å². The van der Waals surface area contributed by atoms with Crippen LogP contribution in [-0.2, 0) is 5.92 Å². The fraction of sp³-hybridized carbons (Fsp3) is 0.160. The van der Waals surface area contributed by atoms with Crippen LogP contribution in [-0.4, -0.2) is 30.5 Å². The molecule has 0 unspecified atom stereocenters. The van der Waals surface area contributed by atoms with Crippen LogP contribution in [0.4, 0.5) is 32.4 Å². The summed E-state index contributed by atoms with van der Waals surface area (Å²) in [5, 5.41) is 3.61. The van der Waals surface area contributed by atoms with Crippen LogP contribution in [0, 0.1) is 5.82 Å². The van der Waals surface area contributed by atoms with Gasteiger partial charge < -0.3 is 19.5 Å². The summed E-state index contributed by atoms with van der Waals surface area (Å²) in [6.07, 6.45) is -4.69. The second-order valence-corrected chi connectivity index (χ2v) is 8.46. The van der Waals surface area contributed by atoms with E-state index in [0.717, 1.165) is 12.1 Å². The number of nitrogens with one attached hydrogen (secondary N) is 2. The highest BCUT2D eigenvalue weighted by atomic mass is 19.3. The SMILES string of the molecule is O=C(Nc1ccc2c(c1)C(F)(F)C(F)(F)O2)N1CC(c2ccc(F)cc2)=C(c2ccc3c(c2)OCO3)N1. The molecule has 3 aromatic rings. The highest BCUT2D eigenvalue weighted by Gasteiger charge is 2.66. The molecule has 12 heteroatoms. The van der Waals surface area contributed by atoms with Gasteiger partial charge in [-0.1, -0.05) is 12.1 Å². The van der Waals surface area contributed by atoms with E-state index in [1.54, 1.807) is 30.3 Å². The topological polar surface area (TPSA) is 72.1 Å². The molecule has 3 aliphatic heterocycles. The van der Waals surface area contributed by atoms with Crippen LogP contribution in [0.1, 0.15) is 16.7 Å². The molecule has 0 fully saturated rings. The summed E-state index contributed by atoms with van der Waals surface area (Å²) in [5.74, 6) is -4.59. The van der Waals surface area contributed by atoms with Gasteiger partial charge in [-0.3, -0.25) is 5.43 Å². The smallest absolute Gasteiger partial charge is 0.454 e. The van der Waals surface area contributed by atoms with E-state index >= 15 is 0 Å². The van der Waals surface area contributed by atoms with Gasteiger partial charge in [-0.25, -0.2) is 14.2 Å². The number of hydrogen-bond acceptors (Lipinski definition) is 5. The molecule has 2 N–H and O–H groups in total. The fourth-order valence-corrected chi connectivity index (χ4v) is 4.27. The van der Waals surface area contributed by atoms with Gasteiger partial charge in [0.25, 0.3) is 0 Å². The number of benzene rings is 3. The van der Waals surface area contributed by atoms with Crippen LogP contribution >= 0.6 is 0 Å². The van der Waals surface area contributed by atoms with Crippen molar-refractivity contribution in [3.8, 4) is 17.2 Å². The molecule has 2 amide bonds. The van der Waals surface area contributed by atoms with E-state index < -0.39 is 35.2 Å². The first-order valence-corrected chi connectivity index (χ1v) is 11.0. The Balaban J connectivity index is 1.28. The Labute approximate surface area is 206 Å². The van der Waals surface area contributed by atoms with E-state index in [-0.39, 0.29) is 19.0 Å². The Bertz CT molecular complexity index is 1460. The molecule has 0 aromatic heterocycles. The van der Waals surface area contributed by atoms with Crippen LogP contribution in [0.25, 0.3) is 11.3 Å². The highest BCUT2D eigenvalue weighted by Crippen LogP contribution is 2.53. The average molecular weight is 517 g/mol. The molecule has 0 bridgehead atoms. The number of amides is 2. The van der Waals surface area contributed by atoms with Crippen molar-refractivity contribution in [1.29, 1.82) is 0 Å². The molecule has 37 heavy (non-hydrogen) atoms. The zero-order chi connectivity index (χ0) is 25.9. The van der Waals surface area contributed by atoms with Crippen molar-refractivity contribution in [2.45, 2.75) is 12.0 Å². The maximum absolute atomic E-state index is 14.1. The zero-order valence-electron chi connectivity index (χ0n) is 18.7. The molecule has 0 radical (unpaired) electrons. The van der Waals surface area contributed by atoms with Gasteiger partial charge in [0.15, 0.2) is 11.5 Å². The molecule has 3 aliphatic rings. The quantitative estimate of drug-likeness (QED) is 0.446. The number of alkyl halides is 4. The number of anilines is 1. The van der Waals surface area contributed by atoms with Crippen molar-refractivity contribution in [3.63, 3.8) is 0 Å². The molecular weight excluding hydrogens is 501 g/mol. The normalized spacial score (nSPS) is 18.4. The Kier molecular flexibility index (Phi) is 4.97. The van der Waals surface area contributed by atoms with Gasteiger partial charge in [-0.05, 0) is 54.1 Å². The second kappa shape index (κ2) is 8.02. The van der Waals surface area contributed by atoms with Crippen LogP contribution in [0.5, 0.6) is 17.2 Å². The maximum Gasteiger partial charge on any atom is 0.469 e. The summed E-state index contributed by atoms with van der Waals surface area (Å²) in [7, 11) is 0. The third-order valence-corrected chi connectivity index (χ3v) is 6.14. The van der Waals surface area contributed by atoms with Gasteiger partial charge in [-0.15, -0.1) is 0 Å². The summed E-state index contributed by atoms with van der Waals surface area (Å²) in [5.41, 5.74) is 4.26. The molecule has 0 spiro atoms. The van der Waals surface area contributed by atoms with Crippen molar-refractivity contribution in [2.24, 2.45) is 0 Å². The number of urea groups is 1. The fourth-order valence-electron chi connectivity index (χ4n) is 4.27. The first-order chi connectivity index (χ1) is 17.6. The maximum atomic E-state index is 14.1. The number of nitrogens with zero attached hydrogens (tertiary/aromatic N) is 1. The third kappa shape index (κ3) is 3.76. The van der Waals surface area contributed by atoms with Gasteiger partial charge in [0.05, 0.1) is 17.8 Å². The number of halogens is 5. The molecule has 6 rings (SSSR count). The van der Waals surface area contributed by atoms with Crippen LogP contribution in [0.15, 0.2) is 60.7 Å². The minimum absolute atomic E-state index is 0.0174. The lowest BCUT2D eigenvalue weighted by Gasteiger charge is -2.19. The molecule has 7 nitrogen and oxygen atoms in total. The van der Waals surface area contributed by atoms with Crippen molar-refractivity contribution in [3.05, 3.63) is 83.2 Å². The Hall–Kier alpha value is -4.48. The van der Waals surface area contributed by atoms with Gasteiger partial charge in [0, 0.05) is 16.8 Å². The van der Waals surface area contributed by atoms with Crippen LogP contribution in [0.3, 0.4) is 0 Å². The predicted molar refractivity (Wildman–Crippen MR) is 121 cm³/mol. The largest absolute Gasteiger partial charge is 0.469 e. The highest BCUT2D eigenvalue weighted by molar-refractivity contribution is 5.98. The van der Waals surface area contributed by atoms with E-state index in [4.69, 9.17) is 9.47 Å². The number of fused-ring (bicyclic) bond motifs is 2. The van der Waals surface area contributed by atoms with E-state index in [1.807, 2.05) is 0 Å². The minimum atomic E-state index is -4.69. The number of rotatable bonds is 3. The molecule has 0 aliphatic carbocycles. The number of ether oxygens (including phenoxy) is 3. The molecule has 190 valence electrons. The van der Waals surface area contributed by atoms with Crippen molar-refractivity contribution >= 4 is 23.0 Å². The summed E-state index contributed by atoms with van der Waals surface area (Å²) in [4.78, 5) is 13.1. The number of carbonyl (C=O) groups is 1. The summed E-state index contributed by atoms with van der Waals surface area (Å²) in [6.45, 7) is 0.0882. The van der Waals surface area contributed by atoms with Crippen molar-refractivity contribution < 1.29 is 41.0 Å². The average Bonchev–Trinajstić information content (AvgIpc) is 3.55. The van der Waals surface area contributed by atoms with Gasteiger partial charge in [0.1, 0.15) is 11.6 Å². The van der Waals surface area contributed by atoms with E-state index in [2.05, 4.69) is 15.5 Å². The van der Waals surface area contributed by atoms with E-state index in [0.29, 0.717) is 33.9 Å². The van der Waals surface area contributed by atoms with E-state index in [1.165, 1.54) is 23.2 Å². The molecule has 0 saturated heterocycles. The molecule has 3 heterocycles. The van der Waals surface area contributed by atoms with Crippen LogP contribution in [0.2, 0.25) is 0 Å². The Morgan fingerprint density at radius 1 is 0.892 bits per heavy atom.